The van der Waals surface area contributed by atoms with Crippen LogP contribution < -0.4 is 0 Å². The van der Waals surface area contributed by atoms with E-state index in [-0.39, 0.29) is 0 Å². The molecule has 0 radical (unpaired) electrons. The number of Topliss-reactive ketones (excluding diaryl/α,β-unsaturated/α-hetero) is 2. The minimum absolute atomic E-state index is 0.419. The molecule has 5 heteroatoms. The van der Waals surface area contributed by atoms with Crippen LogP contribution in [0.5, 0.6) is 0 Å². The molecule has 0 N–H and O–H groups in total. The Labute approximate surface area is 170 Å². The van der Waals surface area contributed by atoms with E-state index in [2.05, 4.69) is 9.98 Å². The van der Waals surface area contributed by atoms with E-state index in [1.165, 1.54) is 0 Å². The van der Waals surface area contributed by atoms with E-state index in [1.807, 2.05) is 65.2 Å². The molecule has 0 fully saturated rings. The van der Waals surface area contributed by atoms with Crippen molar-refractivity contribution in [2.45, 2.75) is 74.8 Å². The second-order valence-electron chi connectivity index (χ2n) is 5.37. The Morgan fingerprint density at radius 1 is 0.964 bits per heavy atom. The van der Waals surface area contributed by atoms with Crippen molar-refractivity contribution in [3.05, 3.63) is 47.2 Å². The number of nitrogens with zero attached hydrogens (tertiary/aromatic N) is 3. The molecule has 0 amide bonds. The SMILES string of the molecule is CC.CC.CC=N/C=C\CCn1c(CC)nc2c1C(=O)C(=O)C(=C/C)/C2=C\C. The van der Waals surface area contributed by atoms with Gasteiger partial charge in [0.2, 0.25) is 5.78 Å². The fourth-order valence-electron chi connectivity index (χ4n) is 2.91. The zero-order valence-corrected chi connectivity index (χ0v) is 18.7. The number of hydrogen-bond donors (Lipinski definition) is 0. The van der Waals surface area contributed by atoms with Crippen LogP contribution in [0.2, 0.25) is 0 Å². The summed E-state index contributed by atoms with van der Waals surface area (Å²) < 4.78 is 1.88. The number of carbonyl (C=O) groups excluding carboxylic acids is 2. The summed E-state index contributed by atoms with van der Waals surface area (Å²) in [6, 6.07) is 0. The van der Waals surface area contributed by atoms with Crippen LogP contribution in [0.25, 0.3) is 5.57 Å². The maximum Gasteiger partial charge on any atom is 0.252 e. The van der Waals surface area contributed by atoms with Crippen LogP contribution in [0.1, 0.15) is 83.8 Å². The van der Waals surface area contributed by atoms with Gasteiger partial charge in [-0.2, -0.15) is 0 Å². The van der Waals surface area contributed by atoms with Gasteiger partial charge in [0.15, 0.2) is 0 Å². The van der Waals surface area contributed by atoms with Gasteiger partial charge in [0, 0.05) is 36.5 Å². The molecule has 2 rings (SSSR count). The number of imidazole rings is 1. The number of aromatic nitrogens is 2. The van der Waals surface area contributed by atoms with Gasteiger partial charge >= 0.3 is 0 Å². The number of hydrogen-bond acceptors (Lipinski definition) is 4. The molecular weight excluding hydrogens is 350 g/mol. The van der Waals surface area contributed by atoms with E-state index in [1.54, 1.807) is 25.4 Å². The molecule has 0 spiro atoms. The Morgan fingerprint density at radius 2 is 1.57 bits per heavy atom. The summed E-state index contributed by atoms with van der Waals surface area (Å²) in [4.78, 5) is 33.7. The van der Waals surface area contributed by atoms with Gasteiger partial charge in [0.1, 0.15) is 17.2 Å². The summed E-state index contributed by atoms with van der Waals surface area (Å²) in [6.45, 7) is 16.1. The third-order valence-corrected chi connectivity index (χ3v) is 4.01. The summed E-state index contributed by atoms with van der Waals surface area (Å²) in [5, 5.41) is 0. The zero-order chi connectivity index (χ0) is 21.7. The minimum Gasteiger partial charge on any atom is -0.324 e. The van der Waals surface area contributed by atoms with Crippen molar-refractivity contribution < 1.29 is 9.59 Å². The molecule has 28 heavy (non-hydrogen) atoms. The molecule has 0 bridgehead atoms. The normalized spacial score (nSPS) is 16.3. The first-order valence-electron chi connectivity index (χ1n) is 10.2. The average Bonchev–Trinajstić information content (AvgIpc) is 3.11. The first-order valence-corrected chi connectivity index (χ1v) is 10.2. The van der Waals surface area contributed by atoms with Crippen LogP contribution in [0.15, 0.2) is 35.0 Å². The van der Waals surface area contributed by atoms with Crippen LogP contribution in [0.4, 0.5) is 0 Å². The molecule has 1 aromatic heterocycles. The van der Waals surface area contributed by atoms with Crippen molar-refractivity contribution in [1.82, 2.24) is 9.55 Å². The van der Waals surface area contributed by atoms with Gasteiger partial charge in [0.05, 0.1) is 0 Å². The average molecular weight is 386 g/mol. The van der Waals surface area contributed by atoms with Gasteiger partial charge in [-0.05, 0) is 27.2 Å². The van der Waals surface area contributed by atoms with E-state index < -0.39 is 11.6 Å². The third kappa shape index (κ3) is 5.47. The number of carbonyl (C=O) groups is 2. The molecule has 0 saturated heterocycles. The number of rotatable bonds is 5. The smallest absolute Gasteiger partial charge is 0.252 e. The van der Waals surface area contributed by atoms with Gasteiger partial charge in [-0.3, -0.25) is 14.6 Å². The number of fused-ring (bicyclic) bond motifs is 1. The fourth-order valence-corrected chi connectivity index (χ4v) is 2.91. The molecule has 0 aromatic carbocycles. The van der Waals surface area contributed by atoms with Crippen LogP contribution >= 0.6 is 0 Å². The van der Waals surface area contributed by atoms with E-state index >= 15 is 0 Å². The maximum absolute atomic E-state index is 12.6. The Kier molecular flexibility index (Phi) is 12.3. The predicted molar refractivity (Wildman–Crippen MR) is 119 cm³/mol. The number of ketones is 2. The van der Waals surface area contributed by atoms with E-state index in [0.717, 1.165) is 17.8 Å². The third-order valence-electron chi connectivity index (χ3n) is 4.01. The maximum atomic E-state index is 12.6. The minimum atomic E-state index is -0.466. The Hall–Kier alpha value is -2.56. The lowest BCUT2D eigenvalue weighted by Gasteiger charge is -2.17. The summed E-state index contributed by atoms with van der Waals surface area (Å²) in [5.41, 5.74) is 2.24. The molecule has 0 unspecified atom stereocenters. The van der Waals surface area contributed by atoms with Gasteiger partial charge in [-0.15, -0.1) is 0 Å². The molecule has 0 saturated carbocycles. The highest BCUT2D eigenvalue weighted by Crippen LogP contribution is 2.33. The molecule has 1 aliphatic rings. The standard InChI is InChI=1S/C19H23N3O2.2C2H6/c1-5-13-14(6-2)18(23)19(24)17-16(13)21-15(7-3)22(17)12-10-9-11-20-8-4;2*1-2/h5-6,8-9,11H,7,10,12H2,1-4H3;2*1-2H3/b11-9-,13-5+,14-6+,20-8?;;. The Morgan fingerprint density at radius 3 is 2.07 bits per heavy atom. The van der Waals surface area contributed by atoms with Gasteiger partial charge in [0.25, 0.3) is 5.78 Å². The van der Waals surface area contributed by atoms with E-state index in [4.69, 9.17) is 0 Å². The van der Waals surface area contributed by atoms with Crippen molar-refractivity contribution in [3.8, 4) is 0 Å². The van der Waals surface area contributed by atoms with Crippen molar-refractivity contribution in [3.63, 3.8) is 0 Å². The first kappa shape index (κ1) is 25.4. The molecule has 1 heterocycles. The second-order valence-corrected chi connectivity index (χ2v) is 5.37. The van der Waals surface area contributed by atoms with Crippen LogP contribution in [0.3, 0.4) is 0 Å². The topological polar surface area (TPSA) is 64.3 Å². The summed E-state index contributed by atoms with van der Waals surface area (Å²) in [7, 11) is 0. The Balaban J connectivity index is 0.00000171. The quantitative estimate of drug-likeness (QED) is 0.376. The van der Waals surface area contributed by atoms with Gasteiger partial charge < -0.3 is 4.57 Å². The molecule has 0 atom stereocenters. The lowest BCUT2D eigenvalue weighted by Crippen LogP contribution is -2.27. The molecule has 0 aliphatic heterocycles. The number of aryl methyl sites for hydroxylation is 1. The molecule has 1 aromatic rings. The lowest BCUT2D eigenvalue weighted by molar-refractivity contribution is -0.111. The lowest BCUT2D eigenvalue weighted by atomic mass is 9.87. The van der Waals surface area contributed by atoms with Crippen LogP contribution in [0, 0.1) is 0 Å². The van der Waals surface area contributed by atoms with E-state index in [0.29, 0.717) is 29.9 Å². The number of aliphatic imine (C=N–C) groups is 1. The van der Waals surface area contributed by atoms with Crippen molar-refractivity contribution >= 4 is 23.4 Å². The fraction of sp³-hybridized carbons (Fsp3) is 0.478. The summed E-state index contributed by atoms with van der Waals surface area (Å²) in [6.07, 6.45) is 10.3. The largest absolute Gasteiger partial charge is 0.324 e. The molecule has 5 nitrogen and oxygen atoms in total. The summed E-state index contributed by atoms with van der Waals surface area (Å²) >= 11 is 0. The van der Waals surface area contributed by atoms with Gasteiger partial charge in [-0.25, -0.2) is 4.98 Å². The van der Waals surface area contributed by atoms with Gasteiger partial charge in [-0.1, -0.05) is 52.8 Å². The van der Waals surface area contributed by atoms with Crippen molar-refractivity contribution in [1.29, 1.82) is 0 Å². The molecule has 1 aliphatic carbocycles. The van der Waals surface area contributed by atoms with Crippen LogP contribution in [-0.4, -0.2) is 27.3 Å². The first-order chi connectivity index (χ1) is 13.6. The number of allylic oxidation sites excluding steroid dienone is 5. The monoisotopic (exact) mass is 385 g/mol. The van der Waals surface area contributed by atoms with E-state index in [9.17, 15) is 9.59 Å². The highest BCUT2D eigenvalue weighted by molar-refractivity contribution is 6.54. The zero-order valence-electron chi connectivity index (χ0n) is 18.7. The van der Waals surface area contributed by atoms with Crippen molar-refractivity contribution in [2.24, 2.45) is 4.99 Å². The van der Waals surface area contributed by atoms with Crippen molar-refractivity contribution in [2.75, 3.05) is 0 Å². The highest BCUT2D eigenvalue weighted by atomic mass is 16.2. The molecule has 154 valence electrons. The highest BCUT2D eigenvalue weighted by Gasteiger charge is 2.37. The van der Waals surface area contributed by atoms with Crippen LogP contribution in [-0.2, 0) is 17.8 Å². The second kappa shape index (κ2) is 13.6. The molecular formula is C23H35N3O2. The Bertz CT molecular complexity index is 778. The predicted octanol–water partition coefficient (Wildman–Crippen LogP) is 5.61. The summed E-state index contributed by atoms with van der Waals surface area (Å²) in [5.74, 6) is -0.0928.